The van der Waals surface area contributed by atoms with Gasteiger partial charge in [-0.15, -0.1) is 0 Å². The van der Waals surface area contributed by atoms with E-state index in [4.69, 9.17) is 19.9 Å². The number of rotatable bonds is 10. The molecule has 2 N–H and O–H groups in total. The number of imidazole rings is 1. The van der Waals surface area contributed by atoms with Crippen molar-refractivity contribution in [2.75, 3.05) is 46.3 Å². The minimum atomic E-state index is 0.186. The van der Waals surface area contributed by atoms with Gasteiger partial charge in [0.2, 0.25) is 0 Å². The van der Waals surface area contributed by atoms with E-state index in [0.29, 0.717) is 36.9 Å². The fourth-order valence-corrected chi connectivity index (χ4v) is 4.77. The van der Waals surface area contributed by atoms with E-state index in [-0.39, 0.29) is 11.8 Å². The van der Waals surface area contributed by atoms with Gasteiger partial charge >= 0.3 is 6.01 Å². The van der Waals surface area contributed by atoms with Gasteiger partial charge in [0.1, 0.15) is 6.61 Å². The number of aromatic nitrogens is 4. The first kappa shape index (κ1) is 25.0. The van der Waals surface area contributed by atoms with Crippen molar-refractivity contribution in [2.24, 2.45) is 0 Å². The van der Waals surface area contributed by atoms with Crippen LogP contribution in [0, 0.1) is 0 Å². The standard InChI is InChI=1S/C28H34N6O3/c1-35-15-16-37-27-31-25(29)24-26(32-27)34(28(30-24)36-2)19-20-9-11-22(12-10-20)23-8-6-7-21(17-23)18-33-13-4-3-5-14-33/h6-12,17H,3-5,13-16,18-19H2,1-2H3,(H2,29,31,32). The Morgan fingerprint density at radius 3 is 2.41 bits per heavy atom. The third-order valence-electron chi connectivity index (χ3n) is 6.68. The molecule has 0 radical (unpaired) electrons. The average molecular weight is 503 g/mol. The van der Waals surface area contributed by atoms with Gasteiger partial charge in [-0.2, -0.15) is 15.0 Å². The summed E-state index contributed by atoms with van der Waals surface area (Å²) >= 11 is 0. The van der Waals surface area contributed by atoms with Crippen LogP contribution in [0.1, 0.15) is 30.4 Å². The number of anilines is 1. The molecule has 0 amide bonds. The fraction of sp³-hybridized carbons (Fsp3) is 0.393. The van der Waals surface area contributed by atoms with Gasteiger partial charge in [-0.05, 0) is 54.3 Å². The minimum absolute atomic E-state index is 0.186. The SMILES string of the molecule is COCCOc1nc(N)c2nc(OC)n(Cc3ccc(-c4cccc(CN5CCCCC5)c4)cc3)c2n1. The van der Waals surface area contributed by atoms with E-state index < -0.39 is 0 Å². The summed E-state index contributed by atoms with van der Waals surface area (Å²) in [5, 5.41) is 0. The van der Waals surface area contributed by atoms with Gasteiger partial charge in [0.15, 0.2) is 17.0 Å². The predicted molar refractivity (Wildman–Crippen MR) is 144 cm³/mol. The number of methoxy groups -OCH3 is 2. The van der Waals surface area contributed by atoms with E-state index >= 15 is 0 Å². The fourth-order valence-electron chi connectivity index (χ4n) is 4.77. The van der Waals surface area contributed by atoms with Crippen molar-refractivity contribution < 1.29 is 14.2 Å². The lowest BCUT2D eigenvalue weighted by atomic mass is 10.0. The van der Waals surface area contributed by atoms with E-state index in [0.717, 1.165) is 12.1 Å². The molecule has 9 heteroatoms. The van der Waals surface area contributed by atoms with Crippen molar-refractivity contribution in [3.8, 4) is 23.1 Å². The van der Waals surface area contributed by atoms with Gasteiger partial charge in [0.05, 0.1) is 20.3 Å². The summed E-state index contributed by atoms with van der Waals surface area (Å²) < 4.78 is 18.0. The van der Waals surface area contributed by atoms with Crippen molar-refractivity contribution in [3.63, 3.8) is 0 Å². The van der Waals surface area contributed by atoms with Gasteiger partial charge in [-0.3, -0.25) is 9.47 Å². The van der Waals surface area contributed by atoms with Gasteiger partial charge in [0, 0.05) is 13.7 Å². The lowest BCUT2D eigenvalue weighted by molar-refractivity contribution is 0.141. The summed E-state index contributed by atoms with van der Waals surface area (Å²) in [5.41, 5.74) is 12.1. The molecular weight excluding hydrogens is 468 g/mol. The summed E-state index contributed by atoms with van der Waals surface area (Å²) in [4.78, 5) is 15.8. The molecule has 2 aromatic heterocycles. The summed E-state index contributed by atoms with van der Waals surface area (Å²) in [6.45, 7) is 4.68. The lowest BCUT2D eigenvalue weighted by Crippen LogP contribution is -2.29. The molecule has 37 heavy (non-hydrogen) atoms. The zero-order chi connectivity index (χ0) is 25.6. The van der Waals surface area contributed by atoms with Crippen LogP contribution in [-0.2, 0) is 17.8 Å². The first-order valence-electron chi connectivity index (χ1n) is 12.7. The molecule has 4 aromatic rings. The van der Waals surface area contributed by atoms with Crippen LogP contribution in [0.4, 0.5) is 5.82 Å². The molecule has 9 nitrogen and oxygen atoms in total. The second-order valence-corrected chi connectivity index (χ2v) is 9.32. The third-order valence-corrected chi connectivity index (χ3v) is 6.68. The van der Waals surface area contributed by atoms with Crippen LogP contribution >= 0.6 is 0 Å². The van der Waals surface area contributed by atoms with E-state index in [9.17, 15) is 0 Å². The third kappa shape index (κ3) is 5.84. The highest BCUT2D eigenvalue weighted by Crippen LogP contribution is 2.28. The number of fused-ring (bicyclic) bond motifs is 1. The Morgan fingerprint density at radius 1 is 0.838 bits per heavy atom. The monoisotopic (exact) mass is 502 g/mol. The van der Waals surface area contributed by atoms with Crippen molar-refractivity contribution >= 4 is 17.0 Å². The molecule has 1 saturated heterocycles. The Labute approximate surface area is 217 Å². The topological polar surface area (TPSA) is 101 Å². The number of nitrogens with zero attached hydrogens (tertiary/aromatic N) is 5. The van der Waals surface area contributed by atoms with Crippen LogP contribution in [0.3, 0.4) is 0 Å². The van der Waals surface area contributed by atoms with Gasteiger partial charge < -0.3 is 19.9 Å². The number of nitrogen functional groups attached to an aromatic ring is 1. The molecule has 0 atom stereocenters. The minimum Gasteiger partial charge on any atom is -0.468 e. The molecule has 0 spiro atoms. The van der Waals surface area contributed by atoms with Gasteiger partial charge in [-0.1, -0.05) is 48.9 Å². The van der Waals surface area contributed by atoms with Gasteiger partial charge in [-0.25, -0.2) is 0 Å². The predicted octanol–water partition coefficient (Wildman–Crippen LogP) is 4.14. The van der Waals surface area contributed by atoms with E-state index in [1.54, 1.807) is 14.2 Å². The normalized spacial score (nSPS) is 14.2. The van der Waals surface area contributed by atoms with Crippen LogP contribution in [0.5, 0.6) is 12.0 Å². The smallest absolute Gasteiger partial charge is 0.320 e. The number of nitrogens with two attached hydrogens (primary N) is 1. The number of piperidine rings is 1. The molecule has 1 aliphatic heterocycles. The zero-order valence-corrected chi connectivity index (χ0v) is 21.5. The maximum Gasteiger partial charge on any atom is 0.320 e. The summed E-state index contributed by atoms with van der Waals surface area (Å²) in [7, 11) is 3.19. The molecule has 0 saturated carbocycles. The average Bonchev–Trinajstić information content (AvgIpc) is 3.28. The first-order valence-corrected chi connectivity index (χ1v) is 12.7. The molecule has 2 aromatic carbocycles. The lowest BCUT2D eigenvalue weighted by Gasteiger charge is -2.26. The summed E-state index contributed by atoms with van der Waals surface area (Å²) in [6.07, 6.45) is 3.96. The molecule has 5 rings (SSSR count). The highest BCUT2D eigenvalue weighted by molar-refractivity contribution is 5.83. The molecule has 3 heterocycles. The molecule has 0 unspecified atom stereocenters. The second kappa shape index (κ2) is 11.6. The Morgan fingerprint density at radius 2 is 1.65 bits per heavy atom. The van der Waals surface area contributed by atoms with Crippen molar-refractivity contribution in [2.45, 2.75) is 32.4 Å². The number of hydrogen-bond donors (Lipinski definition) is 1. The number of likely N-dealkylation sites (tertiary alicyclic amines) is 1. The number of ether oxygens (including phenoxy) is 3. The van der Waals surface area contributed by atoms with Crippen LogP contribution in [0.15, 0.2) is 48.5 Å². The van der Waals surface area contributed by atoms with Crippen LogP contribution in [0.2, 0.25) is 0 Å². The number of benzene rings is 2. The van der Waals surface area contributed by atoms with Crippen LogP contribution < -0.4 is 15.2 Å². The Kier molecular flexibility index (Phi) is 7.82. The largest absolute Gasteiger partial charge is 0.468 e. The quantitative estimate of drug-likeness (QED) is 0.323. The van der Waals surface area contributed by atoms with Crippen LogP contribution in [0.25, 0.3) is 22.3 Å². The zero-order valence-electron chi connectivity index (χ0n) is 21.5. The molecule has 194 valence electrons. The second-order valence-electron chi connectivity index (χ2n) is 9.32. The molecular formula is C28H34N6O3. The summed E-state index contributed by atoms with van der Waals surface area (Å²) in [5.74, 6) is 0.245. The van der Waals surface area contributed by atoms with Crippen molar-refractivity contribution in [1.82, 2.24) is 24.4 Å². The maximum atomic E-state index is 6.15. The molecule has 0 aliphatic carbocycles. The van der Waals surface area contributed by atoms with E-state index in [2.05, 4.69) is 68.4 Å². The maximum absolute atomic E-state index is 6.15. The van der Waals surface area contributed by atoms with E-state index in [1.807, 2.05) is 4.57 Å². The number of hydrogen-bond acceptors (Lipinski definition) is 8. The highest BCUT2D eigenvalue weighted by Gasteiger charge is 2.18. The Bertz CT molecular complexity index is 1330. The molecule has 0 bridgehead atoms. The highest BCUT2D eigenvalue weighted by atomic mass is 16.5. The molecule has 1 aliphatic rings. The van der Waals surface area contributed by atoms with E-state index in [1.165, 1.54) is 49.0 Å². The first-order chi connectivity index (χ1) is 18.1. The van der Waals surface area contributed by atoms with Crippen LogP contribution in [-0.4, -0.2) is 64.9 Å². The Hall–Kier alpha value is -3.69. The van der Waals surface area contributed by atoms with Gasteiger partial charge in [0.25, 0.3) is 6.01 Å². The van der Waals surface area contributed by atoms with Crippen molar-refractivity contribution in [1.29, 1.82) is 0 Å². The Balaban J connectivity index is 1.35. The van der Waals surface area contributed by atoms with Crippen molar-refractivity contribution in [3.05, 3.63) is 59.7 Å². The molecule has 1 fully saturated rings. The summed E-state index contributed by atoms with van der Waals surface area (Å²) in [6, 6.07) is 18.0.